The van der Waals surface area contributed by atoms with Gasteiger partial charge in [0.2, 0.25) is 0 Å². The number of hydrogen-bond acceptors (Lipinski definition) is 3. The zero-order valence-electron chi connectivity index (χ0n) is 15.0. The van der Waals surface area contributed by atoms with Gasteiger partial charge < -0.3 is 5.11 Å². The van der Waals surface area contributed by atoms with E-state index in [1.54, 1.807) is 12.1 Å². The molecule has 1 heterocycles. The third-order valence-electron chi connectivity index (χ3n) is 4.28. The monoisotopic (exact) mass is 350 g/mol. The highest BCUT2D eigenvalue weighted by Gasteiger charge is 2.13. The van der Waals surface area contributed by atoms with E-state index in [9.17, 15) is 9.59 Å². The predicted octanol–water partition coefficient (Wildman–Crippen LogP) is 3.74. The van der Waals surface area contributed by atoms with Crippen LogP contribution < -0.4 is 5.56 Å². The number of aliphatic carboxylic acids is 1. The van der Waals surface area contributed by atoms with Crippen molar-refractivity contribution in [1.29, 1.82) is 0 Å². The Kier molecular flexibility index (Phi) is 5.16. The molecule has 0 amide bonds. The molecule has 0 unspecified atom stereocenters. The molecule has 3 rings (SSSR count). The summed E-state index contributed by atoms with van der Waals surface area (Å²) in [7, 11) is 0. The Balaban J connectivity index is 2.10. The maximum Gasteiger partial charge on any atom is 0.305 e. The molecule has 2 aromatic carbocycles. The first kappa shape index (κ1) is 17.9. The predicted molar refractivity (Wildman–Crippen MR) is 102 cm³/mol. The molecule has 26 heavy (non-hydrogen) atoms. The fourth-order valence-corrected chi connectivity index (χ4v) is 3.07. The lowest BCUT2D eigenvalue weighted by atomic mass is 9.99. The number of fused-ring (bicyclic) bond motifs is 1. The molecule has 0 saturated carbocycles. The molecular weight excluding hydrogens is 328 g/mol. The number of carboxylic acids is 1. The van der Waals surface area contributed by atoms with E-state index in [1.807, 2.05) is 24.3 Å². The number of nitrogens with zero attached hydrogens (tertiary/aromatic N) is 2. The first-order chi connectivity index (χ1) is 12.5. The Hall–Kier alpha value is -2.95. The summed E-state index contributed by atoms with van der Waals surface area (Å²) < 4.78 is 1.26. The number of aryl methyl sites for hydroxylation is 1. The number of rotatable bonds is 6. The molecule has 1 aromatic heterocycles. The van der Waals surface area contributed by atoms with Crippen LogP contribution in [0.5, 0.6) is 0 Å². The molecule has 0 atom stereocenters. The largest absolute Gasteiger partial charge is 0.481 e. The Morgan fingerprint density at radius 1 is 1.08 bits per heavy atom. The van der Waals surface area contributed by atoms with Crippen molar-refractivity contribution in [2.24, 2.45) is 5.92 Å². The number of benzene rings is 2. The zero-order chi connectivity index (χ0) is 18.7. The number of carboxylic acid groups (broad SMARTS) is 1. The summed E-state index contributed by atoms with van der Waals surface area (Å²) in [6.07, 6.45) is 0.866. The van der Waals surface area contributed by atoms with Crippen LogP contribution in [0.15, 0.2) is 53.3 Å². The minimum atomic E-state index is -0.952. The van der Waals surface area contributed by atoms with Crippen molar-refractivity contribution in [3.05, 3.63) is 64.4 Å². The van der Waals surface area contributed by atoms with E-state index in [0.29, 0.717) is 17.0 Å². The van der Waals surface area contributed by atoms with Gasteiger partial charge in [-0.3, -0.25) is 9.59 Å². The highest BCUT2D eigenvalue weighted by Crippen LogP contribution is 2.25. The Labute approximate surface area is 151 Å². The van der Waals surface area contributed by atoms with Gasteiger partial charge in [0.05, 0.1) is 24.0 Å². The minimum absolute atomic E-state index is 0.0530. The van der Waals surface area contributed by atoms with Gasteiger partial charge >= 0.3 is 5.97 Å². The smallest absolute Gasteiger partial charge is 0.305 e. The molecule has 1 N–H and O–H groups in total. The maximum atomic E-state index is 12.6. The van der Waals surface area contributed by atoms with Crippen LogP contribution >= 0.6 is 0 Å². The second-order valence-corrected chi connectivity index (χ2v) is 6.86. The fourth-order valence-electron chi connectivity index (χ4n) is 3.07. The van der Waals surface area contributed by atoms with Crippen molar-refractivity contribution in [3.8, 4) is 11.3 Å². The number of hydrogen-bond donors (Lipinski definition) is 1. The van der Waals surface area contributed by atoms with Crippen molar-refractivity contribution >= 4 is 16.7 Å². The van der Waals surface area contributed by atoms with Crippen LogP contribution in [0.1, 0.15) is 25.8 Å². The van der Waals surface area contributed by atoms with E-state index in [4.69, 9.17) is 5.11 Å². The molecule has 134 valence electrons. The Morgan fingerprint density at radius 2 is 1.73 bits per heavy atom. The quantitative estimate of drug-likeness (QED) is 0.735. The second-order valence-electron chi connectivity index (χ2n) is 6.86. The van der Waals surface area contributed by atoms with E-state index in [2.05, 4.69) is 31.1 Å². The van der Waals surface area contributed by atoms with Crippen molar-refractivity contribution < 1.29 is 9.90 Å². The lowest BCUT2D eigenvalue weighted by Crippen LogP contribution is -2.25. The molecule has 0 radical (unpaired) electrons. The molecule has 0 aliphatic heterocycles. The molecule has 0 fully saturated rings. The van der Waals surface area contributed by atoms with Gasteiger partial charge in [0.15, 0.2) is 0 Å². The molecule has 0 saturated heterocycles. The lowest BCUT2D eigenvalue weighted by Gasteiger charge is -2.11. The van der Waals surface area contributed by atoms with Crippen molar-refractivity contribution in [3.63, 3.8) is 0 Å². The summed E-state index contributed by atoms with van der Waals surface area (Å²) in [6, 6.07) is 15.5. The van der Waals surface area contributed by atoms with E-state index in [-0.39, 0.29) is 18.5 Å². The van der Waals surface area contributed by atoms with Gasteiger partial charge in [-0.25, -0.2) is 4.68 Å². The lowest BCUT2D eigenvalue weighted by molar-refractivity contribution is -0.137. The molecule has 3 aromatic rings. The van der Waals surface area contributed by atoms with Crippen LogP contribution in [0, 0.1) is 5.92 Å². The SMILES string of the molecule is CC(C)Cc1ccc(-c2nn(CCC(=O)O)c(=O)c3ccccc23)cc1. The number of carbonyl (C=O) groups is 1. The first-order valence-corrected chi connectivity index (χ1v) is 8.76. The molecule has 0 aliphatic rings. The molecular formula is C21H22N2O3. The van der Waals surface area contributed by atoms with Crippen LogP contribution in [-0.4, -0.2) is 20.9 Å². The van der Waals surface area contributed by atoms with Gasteiger partial charge in [-0.05, 0) is 24.0 Å². The van der Waals surface area contributed by atoms with E-state index in [1.165, 1.54) is 10.2 Å². The average Bonchev–Trinajstić information content (AvgIpc) is 2.61. The number of aromatic nitrogens is 2. The van der Waals surface area contributed by atoms with Gasteiger partial charge in [0.25, 0.3) is 5.56 Å². The molecule has 0 aliphatic carbocycles. The van der Waals surface area contributed by atoms with Crippen molar-refractivity contribution in [1.82, 2.24) is 9.78 Å². The second kappa shape index (κ2) is 7.52. The van der Waals surface area contributed by atoms with Crippen LogP contribution in [0.4, 0.5) is 0 Å². The minimum Gasteiger partial charge on any atom is -0.481 e. The summed E-state index contributed by atoms with van der Waals surface area (Å²) in [5.41, 5.74) is 2.61. The normalized spacial score (nSPS) is 11.2. The zero-order valence-corrected chi connectivity index (χ0v) is 15.0. The third kappa shape index (κ3) is 3.82. The average molecular weight is 350 g/mol. The van der Waals surface area contributed by atoms with Crippen LogP contribution in [0.2, 0.25) is 0 Å². The van der Waals surface area contributed by atoms with Gasteiger partial charge in [-0.15, -0.1) is 0 Å². The van der Waals surface area contributed by atoms with E-state index < -0.39 is 5.97 Å². The van der Waals surface area contributed by atoms with Gasteiger partial charge in [-0.2, -0.15) is 5.10 Å². The molecule has 0 spiro atoms. The van der Waals surface area contributed by atoms with Gasteiger partial charge in [-0.1, -0.05) is 56.3 Å². The van der Waals surface area contributed by atoms with Crippen LogP contribution in [0.3, 0.4) is 0 Å². The summed E-state index contributed by atoms with van der Waals surface area (Å²) in [5, 5.41) is 14.7. The molecule has 5 heteroatoms. The topological polar surface area (TPSA) is 72.2 Å². The van der Waals surface area contributed by atoms with Gasteiger partial charge in [0.1, 0.15) is 0 Å². The summed E-state index contributed by atoms with van der Waals surface area (Å²) >= 11 is 0. The Morgan fingerprint density at radius 3 is 2.35 bits per heavy atom. The summed E-state index contributed by atoms with van der Waals surface area (Å²) in [4.78, 5) is 23.5. The molecule has 0 bridgehead atoms. The highest BCUT2D eigenvalue weighted by atomic mass is 16.4. The third-order valence-corrected chi connectivity index (χ3v) is 4.28. The van der Waals surface area contributed by atoms with Crippen LogP contribution in [-0.2, 0) is 17.8 Å². The van der Waals surface area contributed by atoms with E-state index in [0.717, 1.165) is 17.4 Å². The summed E-state index contributed by atoms with van der Waals surface area (Å²) in [6.45, 7) is 4.42. The maximum absolute atomic E-state index is 12.6. The van der Waals surface area contributed by atoms with Crippen molar-refractivity contribution in [2.45, 2.75) is 33.2 Å². The first-order valence-electron chi connectivity index (χ1n) is 8.76. The summed E-state index contributed by atoms with van der Waals surface area (Å²) in [5.74, 6) is -0.371. The standard InChI is InChI=1S/C21H22N2O3/c1-14(2)13-15-7-9-16(10-8-15)20-17-5-3-4-6-18(17)21(26)23(22-20)12-11-19(24)25/h3-10,14H,11-13H2,1-2H3,(H,24,25). The highest BCUT2D eigenvalue weighted by molar-refractivity contribution is 5.93. The molecule has 5 nitrogen and oxygen atoms in total. The Bertz CT molecular complexity index is 988. The van der Waals surface area contributed by atoms with E-state index >= 15 is 0 Å². The van der Waals surface area contributed by atoms with Crippen molar-refractivity contribution in [2.75, 3.05) is 0 Å². The van der Waals surface area contributed by atoms with Gasteiger partial charge in [0, 0.05) is 10.9 Å². The van der Waals surface area contributed by atoms with Crippen LogP contribution in [0.25, 0.3) is 22.0 Å². The fraction of sp³-hybridized carbons (Fsp3) is 0.286.